The average Bonchev–Trinajstić information content (AvgIpc) is 3.07. The molecule has 1 heterocycles. The standard InChI is InChI=1S/C23H20FN3O2/c1-15-26-20-13-17(10-11-21(20)27(15)19-8-3-2-4-9-19)23(29)25-14-22(28)16-6-5-7-18(24)12-16/h2-13,22,28H,14H2,1H3,(H,25,29). The zero-order valence-electron chi connectivity index (χ0n) is 15.8. The van der Waals surface area contributed by atoms with Crippen molar-refractivity contribution in [2.75, 3.05) is 6.54 Å². The van der Waals surface area contributed by atoms with Gasteiger partial charge in [-0.15, -0.1) is 0 Å². The number of fused-ring (bicyclic) bond motifs is 1. The highest BCUT2D eigenvalue weighted by molar-refractivity contribution is 5.97. The minimum absolute atomic E-state index is 0.0161. The fraction of sp³-hybridized carbons (Fsp3) is 0.130. The van der Waals surface area contributed by atoms with E-state index in [1.807, 2.05) is 47.9 Å². The number of imidazole rings is 1. The second kappa shape index (κ2) is 7.85. The van der Waals surface area contributed by atoms with Crippen LogP contribution in [0.5, 0.6) is 0 Å². The van der Waals surface area contributed by atoms with Crippen LogP contribution in [0.4, 0.5) is 4.39 Å². The number of nitrogens with one attached hydrogen (secondary N) is 1. The third kappa shape index (κ3) is 3.88. The lowest BCUT2D eigenvalue weighted by atomic mass is 10.1. The molecule has 1 amide bonds. The van der Waals surface area contributed by atoms with Gasteiger partial charge in [-0.1, -0.05) is 30.3 Å². The topological polar surface area (TPSA) is 67.2 Å². The van der Waals surface area contributed by atoms with Gasteiger partial charge in [0.15, 0.2) is 0 Å². The van der Waals surface area contributed by atoms with E-state index in [0.717, 1.165) is 17.0 Å². The van der Waals surface area contributed by atoms with Gasteiger partial charge in [-0.05, 0) is 55.0 Å². The molecule has 0 bridgehead atoms. The number of carbonyl (C=O) groups excluding carboxylic acids is 1. The fourth-order valence-electron chi connectivity index (χ4n) is 3.37. The van der Waals surface area contributed by atoms with E-state index in [4.69, 9.17) is 0 Å². The maximum atomic E-state index is 13.3. The lowest BCUT2D eigenvalue weighted by molar-refractivity contribution is 0.0916. The van der Waals surface area contributed by atoms with Crippen molar-refractivity contribution in [3.05, 3.63) is 95.6 Å². The predicted octanol–water partition coefficient (Wildman–Crippen LogP) is 3.94. The van der Waals surface area contributed by atoms with Crippen molar-refractivity contribution in [2.24, 2.45) is 0 Å². The van der Waals surface area contributed by atoms with Crippen LogP contribution in [-0.4, -0.2) is 27.1 Å². The minimum Gasteiger partial charge on any atom is -0.387 e. The van der Waals surface area contributed by atoms with Gasteiger partial charge in [0.1, 0.15) is 11.6 Å². The number of aliphatic hydroxyl groups excluding tert-OH is 1. The third-order valence-corrected chi connectivity index (χ3v) is 4.79. The molecule has 0 saturated heterocycles. The van der Waals surface area contributed by atoms with Crippen LogP contribution in [0.25, 0.3) is 16.7 Å². The monoisotopic (exact) mass is 389 g/mol. The SMILES string of the molecule is Cc1nc2cc(C(=O)NCC(O)c3cccc(F)c3)ccc2n1-c1ccccc1. The first kappa shape index (κ1) is 18.8. The molecule has 4 rings (SSSR count). The molecule has 0 fully saturated rings. The normalized spacial score (nSPS) is 12.1. The van der Waals surface area contributed by atoms with Crippen molar-refractivity contribution in [2.45, 2.75) is 13.0 Å². The Morgan fingerprint density at radius 2 is 1.90 bits per heavy atom. The number of aromatic nitrogens is 2. The zero-order chi connectivity index (χ0) is 20.4. The van der Waals surface area contributed by atoms with Gasteiger partial charge in [-0.2, -0.15) is 0 Å². The number of aliphatic hydroxyl groups is 1. The molecule has 4 aromatic rings. The van der Waals surface area contributed by atoms with Gasteiger partial charge in [0.2, 0.25) is 0 Å². The fourth-order valence-corrected chi connectivity index (χ4v) is 3.37. The second-order valence-corrected chi connectivity index (χ2v) is 6.81. The Balaban J connectivity index is 1.53. The Kier molecular flexibility index (Phi) is 5.10. The molecule has 0 aliphatic rings. The Bertz CT molecular complexity index is 1170. The third-order valence-electron chi connectivity index (χ3n) is 4.79. The molecule has 146 valence electrons. The molecular weight excluding hydrogens is 369 g/mol. The van der Waals surface area contributed by atoms with E-state index in [0.29, 0.717) is 16.6 Å². The number of hydrogen-bond acceptors (Lipinski definition) is 3. The number of halogens is 1. The minimum atomic E-state index is -0.988. The number of rotatable bonds is 5. The summed E-state index contributed by atoms with van der Waals surface area (Å²) in [5.41, 5.74) is 3.48. The lowest BCUT2D eigenvalue weighted by Gasteiger charge is -2.12. The van der Waals surface area contributed by atoms with E-state index in [1.165, 1.54) is 18.2 Å². The van der Waals surface area contributed by atoms with Gasteiger partial charge < -0.3 is 10.4 Å². The van der Waals surface area contributed by atoms with Gasteiger partial charge in [-0.25, -0.2) is 9.37 Å². The van der Waals surface area contributed by atoms with Crippen molar-refractivity contribution in [1.29, 1.82) is 0 Å². The molecule has 0 spiro atoms. The molecule has 29 heavy (non-hydrogen) atoms. The smallest absolute Gasteiger partial charge is 0.251 e. The number of para-hydroxylation sites is 1. The van der Waals surface area contributed by atoms with Crippen molar-refractivity contribution >= 4 is 16.9 Å². The van der Waals surface area contributed by atoms with Crippen LogP contribution in [0, 0.1) is 12.7 Å². The van der Waals surface area contributed by atoms with Gasteiger partial charge in [0, 0.05) is 17.8 Å². The summed E-state index contributed by atoms with van der Waals surface area (Å²) in [5.74, 6) is 0.0715. The summed E-state index contributed by atoms with van der Waals surface area (Å²) in [5, 5.41) is 12.9. The Morgan fingerprint density at radius 1 is 1.10 bits per heavy atom. The maximum absolute atomic E-state index is 13.3. The van der Waals surface area contributed by atoms with Crippen molar-refractivity contribution in [3.8, 4) is 5.69 Å². The van der Waals surface area contributed by atoms with Gasteiger partial charge in [0.05, 0.1) is 17.1 Å². The molecule has 1 unspecified atom stereocenters. The van der Waals surface area contributed by atoms with E-state index in [2.05, 4.69) is 10.3 Å². The molecule has 0 aliphatic carbocycles. The van der Waals surface area contributed by atoms with Crippen molar-refractivity contribution in [1.82, 2.24) is 14.9 Å². The first-order chi connectivity index (χ1) is 14.0. The van der Waals surface area contributed by atoms with Crippen LogP contribution in [0.3, 0.4) is 0 Å². The Labute approximate surface area is 167 Å². The molecule has 3 aromatic carbocycles. The molecule has 0 radical (unpaired) electrons. The Hall–Kier alpha value is -3.51. The number of aryl methyl sites for hydroxylation is 1. The summed E-state index contributed by atoms with van der Waals surface area (Å²) in [7, 11) is 0. The quantitative estimate of drug-likeness (QED) is 0.543. The van der Waals surface area contributed by atoms with Crippen LogP contribution in [0.2, 0.25) is 0 Å². The number of hydrogen-bond donors (Lipinski definition) is 2. The summed E-state index contributed by atoms with van der Waals surface area (Å²) in [6.07, 6.45) is -0.988. The van der Waals surface area contributed by atoms with E-state index in [1.54, 1.807) is 18.2 Å². The zero-order valence-corrected chi connectivity index (χ0v) is 15.8. The molecule has 2 N–H and O–H groups in total. The largest absolute Gasteiger partial charge is 0.387 e. The number of nitrogens with zero attached hydrogens (tertiary/aromatic N) is 2. The van der Waals surface area contributed by atoms with Crippen LogP contribution < -0.4 is 5.32 Å². The summed E-state index contributed by atoms with van der Waals surface area (Å²) in [6, 6.07) is 20.9. The summed E-state index contributed by atoms with van der Waals surface area (Å²) >= 11 is 0. The summed E-state index contributed by atoms with van der Waals surface area (Å²) in [6.45, 7) is 1.90. The van der Waals surface area contributed by atoms with Crippen LogP contribution in [0.15, 0.2) is 72.8 Å². The second-order valence-electron chi connectivity index (χ2n) is 6.81. The molecule has 0 saturated carbocycles. The number of carbonyl (C=O) groups is 1. The van der Waals surface area contributed by atoms with E-state index >= 15 is 0 Å². The predicted molar refractivity (Wildman–Crippen MR) is 110 cm³/mol. The number of benzene rings is 3. The molecule has 6 heteroatoms. The molecule has 0 aliphatic heterocycles. The van der Waals surface area contributed by atoms with Crippen LogP contribution >= 0.6 is 0 Å². The van der Waals surface area contributed by atoms with Gasteiger partial charge in [0.25, 0.3) is 5.91 Å². The molecular formula is C23H20FN3O2. The summed E-state index contributed by atoms with van der Waals surface area (Å²) in [4.78, 5) is 17.1. The molecule has 5 nitrogen and oxygen atoms in total. The first-order valence-corrected chi connectivity index (χ1v) is 9.29. The first-order valence-electron chi connectivity index (χ1n) is 9.29. The van der Waals surface area contributed by atoms with E-state index in [9.17, 15) is 14.3 Å². The van der Waals surface area contributed by atoms with Gasteiger partial charge >= 0.3 is 0 Å². The van der Waals surface area contributed by atoms with Gasteiger partial charge in [-0.3, -0.25) is 9.36 Å². The highest BCUT2D eigenvalue weighted by Crippen LogP contribution is 2.22. The van der Waals surface area contributed by atoms with Crippen LogP contribution in [0.1, 0.15) is 27.8 Å². The molecule has 1 aromatic heterocycles. The average molecular weight is 389 g/mol. The Morgan fingerprint density at radius 3 is 2.66 bits per heavy atom. The van der Waals surface area contributed by atoms with Crippen molar-refractivity contribution in [3.63, 3.8) is 0 Å². The van der Waals surface area contributed by atoms with E-state index < -0.39 is 11.9 Å². The summed E-state index contributed by atoms with van der Waals surface area (Å²) < 4.78 is 15.3. The maximum Gasteiger partial charge on any atom is 0.251 e. The highest BCUT2D eigenvalue weighted by atomic mass is 19.1. The van der Waals surface area contributed by atoms with Crippen molar-refractivity contribution < 1.29 is 14.3 Å². The highest BCUT2D eigenvalue weighted by Gasteiger charge is 2.14. The van der Waals surface area contributed by atoms with E-state index in [-0.39, 0.29) is 12.5 Å². The van der Waals surface area contributed by atoms with Crippen LogP contribution in [-0.2, 0) is 0 Å². The lowest BCUT2D eigenvalue weighted by Crippen LogP contribution is -2.28. The number of amides is 1. The molecule has 1 atom stereocenters.